The van der Waals surface area contributed by atoms with E-state index in [-0.39, 0.29) is 26.7 Å². The van der Waals surface area contributed by atoms with Crippen LogP contribution in [0.15, 0.2) is 0 Å². The molecule has 0 aliphatic heterocycles. The summed E-state index contributed by atoms with van der Waals surface area (Å²) in [7, 11) is 0. The summed E-state index contributed by atoms with van der Waals surface area (Å²) in [6.45, 7) is 1.41. The molecule has 0 saturated heterocycles. The fourth-order valence-corrected chi connectivity index (χ4v) is 0.754. The molecule has 78 valence electrons. The first-order valence-corrected chi connectivity index (χ1v) is 3.37. The van der Waals surface area contributed by atoms with Crippen LogP contribution in [-0.2, 0) is 19.5 Å². The van der Waals surface area contributed by atoms with Crippen LogP contribution in [0.1, 0.15) is 21.2 Å². The second kappa shape index (κ2) is 6.73. The topological polar surface area (TPSA) is 52.6 Å². The molecular formula is C6H8F3LiO4. The van der Waals surface area contributed by atoms with Gasteiger partial charge in [-0.1, -0.05) is 13.3 Å². The van der Waals surface area contributed by atoms with Crippen LogP contribution in [0.4, 0.5) is 13.4 Å². The van der Waals surface area contributed by atoms with Gasteiger partial charge >= 0.3 is 36.5 Å². The molecule has 0 spiro atoms. The summed E-state index contributed by atoms with van der Waals surface area (Å²) in [6, 6.07) is 0. The Morgan fingerprint density at radius 1 is 1.29 bits per heavy atom. The van der Waals surface area contributed by atoms with Gasteiger partial charge in [-0.2, -0.15) is 0 Å². The van der Waals surface area contributed by atoms with Crippen molar-refractivity contribution < 1.29 is 53.2 Å². The number of carbonyl (C=O) groups excluding carboxylic acids is 2. The monoisotopic (exact) mass is 208 g/mol. The normalized spacial score (nSPS) is 10.0. The molecule has 0 atom stereocenters. The van der Waals surface area contributed by atoms with E-state index >= 15 is 0 Å². The van der Waals surface area contributed by atoms with Crippen molar-refractivity contribution in [1.29, 1.82) is 0 Å². The van der Waals surface area contributed by atoms with Crippen molar-refractivity contribution in [2.45, 2.75) is 25.4 Å². The Labute approximate surface area is 91.2 Å². The predicted molar refractivity (Wildman–Crippen MR) is 34.3 cm³/mol. The van der Waals surface area contributed by atoms with Gasteiger partial charge in [-0.15, -0.1) is 0 Å². The Morgan fingerprint density at radius 3 is 1.86 bits per heavy atom. The molecule has 0 aliphatic carbocycles. The molecule has 0 fully saturated rings. The zero-order valence-corrected chi connectivity index (χ0v) is 7.68. The molecular weight excluding hydrogens is 200 g/mol. The number of carbonyl (C=O) groups is 2. The summed E-state index contributed by atoms with van der Waals surface area (Å²) in [6.07, 6.45) is -0.695. The van der Waals surface area contributed by atoms with Gasteiger partial charge in [-0.25, -0.2) is 14.0 Å². The van der Waals surface area contributed by atoms with Crippen LogP contribution < -0.4 is 18.9 Å². The van der Waals surface area contributed by atoms with Crippen LogP contribution in [-0.4, -0.2) is 17.6 Å². The van der Waals surface area contributed by atoms with Crippen molar-refractivity contribution in [3.8, 4) is 0 Å². The third-order valence-electron chi connectivity index (χ3n) is 1.38. The fourth-order valence-electron chi connectivity index (χ4n) is 0.754. The van der Waals surface area contributed by atoms with Crippen molar-refractivity contribution >= 4 is 11.9 Å². The zero-order valence-electron chi connectivity index (χ0n) is 8.68. The minimum atomic E-state index is -3.40. The minimum Gasteiger partial charge on any atom is -1.00 e. The number of hydrogen-bond acceptors (Lipinski definition) is 4. The largest absolute Gasteiger partial charge is 1.00 e. The van der Waals surface area contributed by atoms with E-state index < -0.39 is 24.0 Å². The third-order valence-corrected chi connectivity index (χ3v) is 1.38. The standard InChI is InChI=1S/C6H7F3O4.Li.H/c1-2-3-6(7,4(10)12-8)5(11)13-9;;/h2-3H2,1H3;;/q;+1;-1. The average Bonchev–Trinajstić information content (AvgIpc) is 2.15. The van der Waals surface area contributed by atoms with E-state index in [0.717, 1.165) is 0 Å². The molecule has 14 heavy (non-hydrogen) atoms. The molecule has 0 aromatic heterocycles. The van der Waals surface area contributed by atoms with Gasteiger partial charge in [0.05, 0.1) is 0 Å². The van der Waals surface area contributed by atoms with E-state index in [1.807, 2.05) is 0 Å². The van der Waals surface area contributed by atoms with Crippen molar-refractivity contribution in [3.63, 3.8) is 0 Å². The summed E-state index contributed by atoms with van der Waals surface area (Å²) >= 11 is 0. The molecule has 0 aromatic carbocycles. The Balaban J connectivity index is -0.000000720. The van der Waals surface area contributed by atoms with Gasteiger partial charge in [0, 0.05) is 15.5 Å². The first-order valence-electron chi connectivity index (χ1n) is 3.37. The van der Waals surface area contributed by atoms with Crippen molar-refractivity contribution in [1.82, 2.24) is 0 Å². The SMILES string of the molecule is CCCC(F)(C(=O)OF)C(=O)OF.[H-].[Li+]. The summed E-state index contributed by atoms with van der Waals surface area (Å²) in [4.78, 5) is 25.8. The Morgan fingerprint density at radius 2 is 1.64 bits per heavy atom. The summed E-state index contributed by atoms with van der Waals surface area (Å²) in [5.41, 5.74) is -3.40. The third kappa shape index (κ3) is 3.23. The molecule has 0 heterocycles. The predicted octanol–water partition coefficient (Wildman–Crippen LogP) is -1.53. The summed E-state index contributed by atoms with van der Waals surface area (Å²) in [5, 5.41) is 0. The van der Waals surface area contributed by atoms with Gasteiger partial charge in [0.25, 0.3) is 0 Å². The van der Waals surface area contributed by atoms with Crippen LogP contribution in [0, 0.1) is 0 Å². The minimum absolute atomic E-state index is 0. The van der Waals surface area contributed by atoms with Gasteiger partial charge in [-0.3, -0.25) is 9.88 Å². The molecule has 0 aliphatic rings. The second-order valence-electron chi connectivity index (χ2n) is 2.28. The fraction of sp³-hybridized carbons (Fsp3) is 0.667. The van der Waals surface area contributed by atoms with E-state index in [1.165, 1.54) is 6.92 Å². The van der Waals surface area contributed by atoms with Crippen LogP contribution in [0.2, 0.25) is 0 Å². The van der Waals surface area contributed by atoms with Gasteiger partial charge < -0.3 is 1.43 Å². The van der Waals surface area contributed by atoms with Gasteiger partial charge in [-0.05, 0) is 0 Å². The molecule has 0 aromatic rings. The van der Waals surface area contributed by atoms with Crippen LogP contribution in [0.3, 0.4) is 0 Å². The molecule has 0 unspecified atom stereocenters. The quantitative estimate of drug-likeness (QED) is 0.415. The van der Waals surface area contributed by atoms with Gasteiger partial charge in [0.1, 0.15) is 0 Å². The zero-order chi connectivity index (χ0) is 10.5. The van der Waals surface area contributed by atoms with E-state index in [4.69, 9.17) is 0 Å². The molecule has 0 bridgehead atoms. The van der Waals surface area contributed by atoms with Gasteiger partial charge in [0.2, 0.25) is 0 Å². The maximum absolute atomic E-state index is 13.2. The first-order chi connectivity index (χ1) is 6.02. The molecule has 0 radical (unpaired) electrons. The molecule has 0 rings (SSSR count). The van der Waals surface area contributed by atoms with Crippen molar-refractivity contribution in [3.05, 3.63) is 0 Å². The number of halogens is 3. The summed E-state index contributed by atoms with van der Waals surface area (Å²) in [5.74, 6) is -4.23. The number of alkyl halides is 1. The summed E-state index contributed by atoms with van der Waals surface area (Å²) < 4.78 is 35.7. The van der Waals surface area contributed by atoms with E-state index in [0.29, 0.717) is 0 Å². The van der Waals surface area contributed by atoms with E-state index in [2.05, 4.69) is 9.88 Å². The number of hydrogen-bond donors (Lipinski definition) is 0. The molecule has 0 amide bonds. The van der Waals surface area contributed by atoms with Crippen LogP contribution >= 0.6 is 0 Å². The molecule has 0 N–H and O–H groups in total. The number of rotatable bonds is 4. The maximum Gasteiger partial charge on any atom is 1.00 e. The Kier molecular flexibility index (Phi) is 7.59. The maximum atomic E-state index is 13.2. The molecule has 4 nitrogen and oxygen atoms in total. The smallest absolute Gasteiger partial charge is 1.00 e. The van der Waals surface area contributed by atoms with Crippen LogP contribution in [0.5, 0.6) is 0 Å². The van der Waals surface area contributed by atoms with Crippen LogP contribution in [0.25, 0.3) is 0 Å². The second-order valence-corrected chi connectivity index (χ2v) is 2.28. The van der Waals surface area contributed by atoms with Gasteiger partial charge in [0.15, 0.2) is 0 Å². The van der Waals surface area contributed by atoms with E-state index in [1.54, 1.807) is 0 Å². The van der Waals surface area contributed by atoms with Crippen molar-refractivity contribution in [2.75, 3.05) is 0 Å². The average molecular weight is 208 g/mol. The Bertz CT molecular complexity index is 201. The van der Waals surface area contributed by atoms with E-state index in [9.17, 15) is 23.0 Å². The molecule has 0 saturated carbocycles. The Hall–Kier alpha value is -0.673. The van der Waals surface area contributed by atoms with Crippen molar-refractivity contribution in [2.24, 2.45) is 0 Å². The first kappa shape index (κ1) is 15.8. The molecule has 8 heteroatoms.